The van der Waals surface area contributed by atoms with Crippen molar-refractivity contribution in [2.24, 2.45) is 11.8 Å². The molecule has 2 amide bonds. The molecule has 0 aliphatic carbocycles. The van der Waals surface area contributed by atoms with Gasteiger partial charge >= 0.3 is 11.9 Å². The molecule has 0 radical (unpaired) electrons. The van der Waals surface area contributed by atoms with Gasteiger partial charge in [-0.25, -0.2) is 9.59 Å². The fourth-order valence-corrected chi connectivity index (χ4v) is 8.29. The van der Waals surface area contributed by atoms with Crippen molar-refractivity contribution >= 4 is 66.8 Å². The van der Waals surface area contributed by atoms with Crippen molar-refractivity contribution in [2.45, 2.75) is 107 Å². The molecule has 0 bridgehead atoms. The zero-order valence-electron chi connectivity index (χ0n) is 35.0. The lowest BCUT2D eigenvalue weighted by molar-refractivity contribution is 0.0422. The number of amides is 2. The summed E-state index contributed by atoms with van der Waals surface area (Å²) in [6, 6.07) is 14.9. The minimum atomic E-state index is -0.448. The highest BCUT2D eigenvalue weighted by molar-refractivity contribution is 6.38. The molecule has 0 fully saturated rings. The molecular formula is C48H62N2O6. The molecule has 8 nitrogen and oxygen atoms in total. The number of hydrogen-bond donors (Lipinski definition) is 0. The number of nitrogens with zero attached hydrogens (tertiary/aromatic N) is 2. The molecule has 5 aromatic carbocycles. The first kappa shape index (κ1) is 42.4. The number of benzene rings is 5. The Balaban J connectivity index is 1.80. The first-order valence-corrected chi connectivity index (χ1v) is 21.3. The minimum Gasteiger partial charge on any atom is -0.462 e. The van der Waals surface area contributed by atoms with Crippen LogP contribution in [0.4, 0.5) is 0 Å². The lowest BCUT2D eigenvalue weighted by Crippen LogP contribution is -2.31. The number of carbonyl (C=O) groups is 4. The number of carbonyl (C=O) groups excluding carboxylic acids is 4. The Hall–Kier alpha value is -4.72. The Kier molecular flexibility index (Phi) is 14.7. The fraction of sp³-hybridized carbons (Fsp3) is 0.500. The Bertz CT molecular complexity index is 1990. The summed E-state index contributed by atoms with van der Waals surface area (Å²) in [6.45, 7) is 19.1. The van der Waals surface area contributed by atoms with Crippen molar-refractivity contribution in [3.8, 4) is 0 Å². The van der Waals surface area contributed by atoms with E-state index in [4.69, 9.17) is 9.47 Å². The predicted octanol–water partition coefficient (Wildman–Crippen LogP) is 11.4. The van der Waals surface area contributed by atoms with E-state index in [0.29, 0.717) is 72.4 Å². The van der Waals surface area contributed by atoms with Crippen LogP contribution in [0.25, 0.3) is 43.1 Å². The van der Waals surface area contributed by atoms with Crippen LogP contribution in [0.1, 0.15) is 148 Å². The Morgan fingerprint density at radius 1 is 0.464 bits per heavy atom. The standard InChI is InChI=1S/C48H62N2O6/c1-9-17-19-31(11-3)29-55-47(53)39-27-23-35-36-24-28-40(48(54)56-30-32(12-4)20-18-10-2)44-38(46(52)50(15-7)16-8)26-22-34(42(36)44)33-21-25-37(43(39)41(33)35)45(51)49(13-5)14-6/h21-28,31-32H,9-20,29-30H2,1-8H3. The van der Waals surface area contributed by atoms with E-state index < -0.39 is 11.9 Å². The quantitative estimate of drug-likeness (QED) is 0.0445. The summed E-state index contributed by atoms with van der Waals surface area (Å²) in [6.07, 6.45) is 8.11. The van der Waals surface area contributed by atoms with Crippen LogP contribution >= 0.6 is 0 Å². The summed E-state index contributed by atoms with van der Waals surface area (Å²) in [5.41, 5.74) is 1.60. The fourth-order valence-electron chi connectivity index (χ4n) is 8.29. The van der Waals surface area contributed by atoms with E-state index in [1.54, 1.807) is 21.9 Å². The summed E-state index contributed by atoms with van der Waals surface area (Å²) in [5.74, 6) is -0.676. The number of ether oxygens (including phenoxy) is 2. The van der Waals surface area contributed by atoms with Gasteiger partial charge in [0, 0.05) is 48.1 Å². The number of unbranched alkanes of at least 4 members (excludes halogenated alkanes) is 2. The lowest BCUT2D eigenvalue weighted by Gasteiger charge is -2.24. The second-order valence-corrected chi connectivity index (χ2v) is 15.1. The lowest BCUT2D eigenvalue weighted by atomic mass is 9.84. The number of esters is 2. The van der Waals surface area contributed by atoms with Crippen molar-refractivity contribution in [1.29, 1.82) is 0 Å². The maximum atomic E-state index is 14.2. The molecular weight excluding hydrogens is 701 g/mol. The zero-order valence-corrected chi connectivity index (χ0v) is 35.0. The van der Waals surface area contributed by atoms with Crippen LogP contribution in [0, 0.1) is 11.8 Å². The molecule has 0 N–H and O–H groups in total. The third-order valence-electron chi connectivity index (χ3n) is 11.9. The third-order valence-corrected chi connectivity index (χ3v) is 11.9. The predicted molar refractivity (Wildman–Crippen MR) is 229 cm³/mol. The largest absolute Gasteiger partial charge is 0.462 e. The first-order valence-electron chi connectivity index (χ1n) is 21.3. The molecule has 5 rings (SSSR count). The molecule has 300 valence electrons. The molecule has 0 saturated heterocycles. The summed E-state index contributed by atoms with van der Waals surface area (Å²) >= 11 is 0. The van der Waals surface area contributed by atoms with Gasteiger partial charge in [-0.1, -0.05) is 90.5 Å². The number of hydrogen-bond acceptors (Lipinski definition) is 6. The highest BCUT2D eigenvalue weighted by Gasteiger charge is 2.29. The van der Waals surface area contributed by atoms with Crippen molar-refractivity contribution < 1.29 is 28.7 Å². The van der Waals surface area contributed by atoms with Gasteiger partial charge in [-0.15, -0.1) is 0 Å². The van der Waals surface area contributed by atoms with Gasteiger partial charge in [0.2, 0.25) is 0 Å². The van der Waals surface area contributed by atoms with Crippen LogP contribution in [0.5, 0.6) is 0 Å². The Labute approximate surface area is 333 Å². The summed E-state index contributed by atoms with van der Waals surface area (Å²) in [7, 11) is 0. The normalized spacial score (nSPS) is 12.7. The average molecular weight is 763 g/mol. The first-order chi connectivity index (χ1) is 27.1. The van der Waals surface area contributed by atoms with E-state index in [2.05, 4.69) is 27.7 Å². The summed E-state index contributed by atoms with van der Waals surface area (Å²) in [5, 5.41) is 5.99. The Morgan fingerprint density at radius 2 is 0.786 bits per heavy atom. The van der Waals surface area contributed by atoms with Gasteiger partial charge in [0.15, 0.2) is 0 Å². The SMILES string of the molecule is CCCCC(CC)COC(=O)c1ccc2c3ccc(C(=O)OCC(CC)CCCC)c4c(C(=O)N(CC)CC)ccc(c5ccc(C(=O)N(CC)CC)c1c25)c43. The van der Waals surface area contributed by atoms with Gasteiger partial charge in [-0.05, 0) is 109 Å². The van der Waals surface area contributed by atoms with E-state index in [1.807, 2.05) is 64.1 Å². The molecule has 0 aliphatic heterocycles. The van der Waals surface area contributed by atoms with Crippen molar-refractivity contribution in [3.05, 3.63) is 70.8 Å². The van der Waals surface area contributed by atoms with Crippen molar-refractivity contribution in [1.82, 2.24) is 9.80 Å². The maximum Gasteiger partial charge on any atom is 0.338 e. The van der Waals surface area contributed by atoms with Gasteiger partial charge in [0.05, 0.1) is 24.3 Å². The van der Waals surface area contributed by atoms with Gasteiger partial charge < -0.3 is 19.3 Å². The summed E-state index contributed by atoms with van der Waals surface area (Å²) < 4.78 is 12.1. The second kappa shape index (κ2) is 19.4. The van der Waals surface area contributed by atoms with Gasteiger partial charge in [-0.3, -0.25) is 9.59 Å². The molecule has 5 aromatic rings. The smallest absolute Gasteiger partial charge is 0.338 e. The van der Waals surface area contributed by atoms with Crippen LogP contribution in [0.3, 0.4) is 0 Å². The van der Waals surface area contributed by atoms with Crippen LogP contribution in [0.2, 0.25) is 0 Å². The average Bonchev–Trinajstić information content (AvgIpc) is 3.22. The topological polar surface area (TPSA) is 93.2 Å². The van der Waals surface area contributed by atoms with E-state index in [0.717, 1.165) is 83.7 Å². The van der Waals surface area contributed by atoms with E-state index in [-0.39, 0.29) is 23.7 Å². The molecule has 8 heteroatoms. The van der Waals surface area contributed by atoms with E-state index >= 15 is 0 Å². The minimum absolute atomic E-state index is 0.152. The molecule has 2 atom stereocenters. The van der Waals surface area contributed by atoms with Gasteiger partial charge in [-0.2, -0.15) is 0 Å². The monoisotopic (exact) mass is 762 g/mol. The van der Waals surface area contributed by atoms with Crippen molar-refractivity contribution in [3.63, 3.8) is 0 Å². The van der Waals surface area contributed by atoms with E-state index in [1.165, 1.54) is 0 Å². The molecule has 2 unspecified atom stereocenters. The molecule has 56 heavy (non-hydrogen) atoms. The van der Waals surface area contributed by atoms with Crippen LogP contribution in [-0.2, 0) is 9.47 Å². The number of rotatable bonds is 20. The summed E-state index contributed by atoms with van der Waals surface area (Å²) in [4.78, 5) is 60.2. The van der Waals surface area contributed by atoms with Crippen LogP contribution in [0.15, 0.2) is 48.5 Å². The number of fused-ring (bicyclic) bond motifs is 2. The van der Waals surface area contributed by atoms with Crippen LogP contribution < -0.4 is 0 Å². The molecule has 0 aromatic heterocycles. The van der Waals surface area contributed by atoms with E-state index in [9.17, 15) is 19.2 Å². The van der Waals surface area contributed by atoms with Crippen molar-refractivity contribution in [2.75, 3.05) is 39.4 Å². The third kappa shape index (κ3) is 8.35. The zero-order chi connectivity index (χ0) is 40.5. The van der Waals surface area contributed by atoms with Gasteiger partial charge in [0.1, 0.15) is 0 Å². The molecule has 0 aliphatic rings. The van der Waals surface area contributed by atoms with Crippen LogP contribution in [-0.4, -0.2) is 72.9 Å². The molecule has 0 saturated carbocycles. The maximum absolute atomic E-state index is 14.2. The molecule has 0 spiro atoms. The van der Waals surface area contributed by atoms with Gasteiger partial charge in [0.25, 0.3) is 11.8 Å². The second-order valence-electron chi connectivity index (χ2n) is 15.1. The molecule has 0 heterocycles. The highest BCUT2D eigenvalue weighted by atomic mass is 16.5. The highest BCUT2D eigenvalue weighted by Crippen LogP contribution is 2.44. The Morgan fingerprint density at radius 3 is 1.07 bits per heavy atom.